The predicted molar refractivity (Wildman–Crippen MR) is 317 cm³/mol. The normalized spacial score (nSPS) is 11.8. The maximum absolute atomic E-state index is 2.45. The van der Waals surface area contributed by atoms with Crippen LogP contribution in [0.5, 0.6) is 0 Å². The number of hydrogen-bond acceptors (Lipinski definition) is 1. The summed E-state index contributed by atoms with van der Waals surface area (Å²) in [5.74, 6) is 0. The minimum atomic E-state index is 1.22. The molecule has 1 heterocycles. The van der Waals surface area contributed by atoms with E-state index in [4.69, 9.17) is 0 Å². The third-order valence-corrected chi connectivity index (χ3v) is 16.6. The lowest BCUT2D eigenvalue weighted by molar-refractivity contribution is 1.63. The first-order valence-electron chi connectivity index (χ1n) is 25.2. The van der Waals surface area contributed by atoms with Crippen LogP contribution in [-0.4, -0.2) is 0 Å². The van der Waals surface area contributed by atoms with E-state index >= 15 is 0 Å². The number of fused-ring (bicyclic) bond motifs is 9. The molecule has 0 aliphatic heterocycles. The van der Waals surface area contributed by atoms with E-state index in [0.717, 1.165) is 0 Å². The zero-order valence-electron chi connectivity index (χ0n) is 39.8. The lowest BCUT2D eigenvalue weighted by Gasteiger charge is -2.18. The molecular weight excluding hydrogens is 897 g/mol. The lowest BCUT2D eigenvalue weighted by Crippen LogP contribution is -1.91. The molecule has 0 fully saturated rings. The van der Waals surface area contributed by atoms with Crippen molar-refractivity contribution < 1.29 is 0 Å². The maximum atomic E-state index is 2.45. The number of hydrogen-bond donors (Lipinski definition) is 0. The summed E-state index contributed by atoms with van der Waals surface area (Å²) in [5, 5.41) is 17.8. The fraction of sp³-hybridized carbons (Fsp3) is 0. The van der Waals surface area contributed by atoms with Crippen LogP contribution >= 0.6 is 11.3 Å². The van der Waals surface area contributed by atoms with Gasteiger partial charge in [-0.1, -0.05) is 249 Å². The summed E-state index contributed by atoms with van der Waals surface area (Å²) in [5.41, 5.74) is 15.0. The van der Waals surface area contributed by atoms with Crippen molar-refractivity contribution in [3.05, 3.63) is 267 Å². The molecular formula is C72H44S. The summed E-state index contributed by atoms with van der Waals surface area (Å²) >= 11 is 1.89. The SMILES string of the molecule is c1ccc2c(-c3ccc(-c4c5ccccc5c(-c5ccc6c(c5)sc5ccc(-c7c8ccccc8c(-c8ccc(-c9cccc%10ccccc9%10)cc8)c8ccccc78)cc56)c5ccccc45)cc3)cccc2c1. The van der Waals surface area contributed by atoms with Gasteiger partial charge in [-0.25, -0.2) is 0 Å². The molecule has 73 heavy (non-hydrogen) atoms. The molecule has 15 rings (SSSR count). The maximum Gasteiger partial charge on any atom is 0.0361 e. The molecule has 0 saturated heterocycles. The Morgan fingerprint density at radius 2 is 0.493 bits per heavy atom. The zero-order chi connectivity index (χ0) is 48.0. The van der Waals surface area contributed by atoms with E-state index in [1.807, 2.05) is 11.3 Å². The van der Waals surface area contributed by atoms with Gasteiger partial charge in [-0.2, -0.15) is 0 Å². The van der Waals surface area contributed by atoms with Crippen molar-refractivity contribution in [1.82, 2.24) is 0 Å². The molecule has 0 bridgehead atoms. The summed E-state index contributed by atoms with van der Waals surface area (Å²) in [6.07, 6.45) is 0. The Labute approximate surface area is 427 Å². The van der Waals surface area contributed by atoms with Crippen LogP contribution in [0.25, 0.3) is 152 Å². The standard InChI is InChI=1S/C72H44S/c1-3-19-53-45(15-1)17-13-29-55(53)47-31-35-49(36-32-47)69-58-21-5-9-25-62(58)71(63-26-10-6-22-59(63)69)51-40-42-67-66(43-51)57-41-39-52(44-68(57)73-67)72-64-27-11-7-23-60(64)70(61-24-8-12-28-65(61)72)50-37-33-48(34-38-50)56-30-14-18-46-16-2-4-20-54(46)56/h1-44H. The van der Waals surface area contributed by atoms with Crippen molar-refractivity contribution in [2.24, 2.45) is 0 Å². The zero-order valence-corrected chi connectivity index (χ0v) is 40.6. The molecule has 0 atom stereocenters. The number of rotatable bonds is 6. The van der Waals surface area contributed by atoms with Crippen molar-refractivity contribution in [3.63, 3.8) is 0 Å². The summed E-state index contributed by atoms with van der Waals surface area (Å²) < 4.78 is 2.59. The molecule has 0 unspecified atom stereocenters. The van der Waals surface area contributed by atoms with E-state index in [-0.39, 0.29) is 0 Å². The molecule has 0 aliphatic carbocycles. The first kappa shape index (κ1) is 41.6. The monoisotopic (exact) mass is 940 g/mol. The van der Waals surface area contributed by atoms with Crippen molar-refractivity contribution in [1.29, 1.82) is 0 Å². The van der Waals surface area contributed by atoms with Gasteiger partial charge >= 0.3 is 0 Å². The van der Waals surface area contributed by atoms with Gasteiger partial charge in [0.2, 0.25) is 0 Å². The van der Waals surface area contributed by atoms with Crippen LogP contribution in [0.4, 0.5) is 0 Å². The van der Waals surface area contributed by atoms with E-state index in [9.17, 15) is 0 Å². The minimum Gasteiger partial charge on any atom is -0.135 e. The highest BCUT2D eigenvalue weighted by molar-refractivity contribution is 7.25. The molecule has 338 valence electrons. The highest BCUT2D eigenvalue weighted by Crippen LogP contribution is 2.48. The van der Waals surface area contributed by atoms with E-state index in [1.54, 1.807) is 0 Å². The Balaban J connectivity index is 0.839. The molecule has 0 spiro atoms. The van der Waals surface area contributed by atoms with Crippen molar-refractivity contribution in [2.75, 3.05) is 0 Å². The Morgan fingerprint density at radius 3 is 0.918 bits per heavy atom. The molecule has 0 nitrogen and oxygen atoms in total. The quantitative estimate of drug-likeness (QED) is 0.146. The van der Waals surface area contributed by atoms with Crippen LogP contribution in [0.15, 0.2) is 267 Å². The van der Waals surface area contributed by atoms with Gasteiger partial charge in [0.05, 0.1) is 0 Å². The fourth-order valence-electron chi connectivity index (χ4n) is 12.2. The van der Waals surface area contributed by atoms with Gasteiger partial charge in [0.15, 0.2) is 0 Å². The lowest BCUT2D eigenvalue weighted by atomic mass is 9.85. The van der Waals surface area contributed by atoms with Crippen LogP contribution in [0.1, 0.15) is 0 Å². The van der Waals surface area contributed by atoms with Gasteiger partial charge in [-0.3, -0.25) is 0 Å². The summed E-state index contributed by atoms with van der Waals surface area (Å²) in [4.78, 5) is 0. The summed E-state index contributed by atoms with van der Waals surface area (Å²) in [6.45, 7) is 0. The molecule has 15 aromatic rings. The second-order valence-corrected chi connectivity index (χ2v) is 20.5. The predicted octanol–water partition coefficient (Wildman–Crippen LogP) is 21.0. The van der Waals surface area contributed by atoms with E-state index in [1.165, 1.54) is 152 Å². The topological polar surface area (TPSA) is 0 Å². The fourth-order valence-corrected chi connectivity index (χ4v) is 13.3. The third-order valence-electron chi connectivity index (χ3n) is 15.5. The summed E-state index contributed by atoms with van der Waals surface area (Å²) in [6, 6.07) is 99.3. The average molecular weight is 941 g/mol. The molecule has 0 radical (unpaired) electrons. The smallest absolute Gasteiger partial charge is 0.0361 e. The van der Waals surface area contributed by atoms with Crippen LogP contribution < -0.4 is 0 Å². The second-order valence-electron chi connectivity index (χ2n) is 19.4. The molecule has 0 saturated carbocycles. The van der Waals surface area contributed by atoms with Gasteiger partial charge in [0.1, 0.15) is 0 Å². The van der Waals surface area contributed by atoms with E-state index in [2.05, 4.69) is 267 Å². The Kier molecular flexibility index (Phi) is 9.55. The van der Waals surface area contributed by atoms with Crippen LogP contribution in [-0.2, 0) is 0 Å². The van der Waals surface area contributed by atoms with E-state index < -0.39 is 0 Å². The molecule has 1 aromatic heterocycles. The van der Waals surface area contributed by atoms with Crippen LogP contribution in [0, 0.1) is 0 Å². The largest absolute Gasteiger partial charge is 0.135 e. The molecule has 14 aromatic carbocycles. The van der Waals surface area contributed by atoms with Crippen molar-refractivity contribution in [2.45, 2.75) is 0 Å². The summed E-state index contributed by atoms with van der Waals surface area (Å²) in [7, 11) is 0. The minimum absolute atomic E-state index is 1.22. The van der Waals surface area contributed by atoms with Crippen molar-refractivity contribution in [3.8, 4) is 66.8 Å². The Hall–Kier alpha value is -9.14. The highest BCUT2D eigenvalue weighted by atomic mass is 32.1. The first-order chi connectivity index (χ1) is 36.2. The molecule has 0 amide bonds. The number of benzene rings is 14. The second kappa shape index (κ2) is 16.7. The van der Waals surface area contributed by atoms with Crippen molar-refractivity contribution >= 4 is 96.1 Å². The Bertz CT molecular complexity index is 4580. The first-order valence-corrected chi connectivity index (χ1v) is 26.0. The van der Waals surface area contributed by atoms with E-state index in [0.29, 0.717) is 0 Å². The molecule has 0 N–H and O–H groups in total. The number of thiophene rings is 1. The van der Waals surface area contributed by atoms with Gasteiger partial charge in [-0.05, 0) is 150 Å². The molecule has 1 heteroatoms. The van der Waals surface area contributed by atoms with Crippen LogP contribution in [0.2, 0.25) is 0 Å². The Morgan fingerprint density at radius 1 is 0.178 bits per heavy atom. The highest BCUT2D eigenvalue weighted by Gasteiger charge is 2.21. The van der Waals surface area contributed by atoms with Gasteiger partial charge in [-0.15, -0.1) is 11.3 Å². The van der Waals surface area contributed by atoms with Gasteiger partial charge in [0.25, 0.3) is 0 Å². The van der Waals surface area contributed by atoms with Gasteiger partial charge in [0, 0.05) is 20.2 Å². The molecule has 0 aliphatic rings. The third kappa shape index (κ3) is 6.67. The average Bonchev–Trinajstić information content (AvgIpc) is 3.83. The van der Waals surface area contributed by atoms with Gasteiger partial charge < -0.3 is 0 Å². The van der Waals surface area contributed by atoms with Crippen LogP contribution in [0.3, 0.4) is 0 Å².